The minimum absolute atomic E-state index is 0.00587. The van der Waals surface area contributed by atoms with Crippen LogP contribution < -0.4 is 20.9 Å². The van der Waals surface area contributed by atoms with Crippen LogP contribution in [0.4, 0.5) is 11.5 Å². The molecule has 1 aromatic carbocycles. The Kier molecular flexibility index (Phi) is 4.69. The first-order valence-electron chi connectivity index (χ1n) is 11.0. The predicted molar refractivity (Wildman–Crippen MR) is 131 cm³/mol. The van der Waals surface area contributed by atoms with Gasteiger partial charge in [-0.2, -0.15) is 0 Å². The average Bonchev–Trinajstić information content (AvgIpc) is 3.16. The maximum atomic E-state index is 12.7. The number of thiophene rings is 1. The van der Waals surface area contributed by atoms with Crippen LogP contribution in [-0.4, -0.2) is 54.6 Å². The van der Waals surface area contributed by atoms with Crippen LogP contribution in [0.2, 0.25) is 0 Å². The minimum atomic E-state index is -0.00587. The Hall–Kier alpha value is -3.23. The highest BCUT2D eigenvalue weighted by molar-refractivity contribution is 7.21. The van der Waals surface area contributed by atoms with Gasteiger partial charge in [-0.1, -0.05) is 0 Å². The molecule has 1 fully saturated rings. The maximum Gasteiger partial charge on any atom is 0.263 e. The van der Waals surface area contributed by atoms with Gasteiger partial charge in [0.1, 0.15) is 10.7 Å². The molecule has 0 saturated carbocycles. The van der Waals surface area contributed by atoms with Crippen molar-refractivity contribution < 1.29 is 4.79 Å². The topological polar surface area (TPSA) is 82.2 Å². The smallest absolute Gasteiger partial charge is 0.263 e. The van der Waals surface area contributed by atoms with E-state index in [1.165, 1.54) is 11.3 Å². The van der Waals surface area contributed by atoms with Crippen LogP contribution in [0.1, 0.15) is 16.6 Å². The van der Waals surface area contributed by atoms with E-state index in [0.29, 0.717) is 6.54 Å². The standard InChI is InChI=1S/C24H24N6OS/c1-14-13-27-22-21-16-2-3-17(15-6-7-26-20(12-15)30-10-8-25-9-11-30)29-18(16)4-5-19(21)32-23(22)24(31)28-14/h2-7,12,14,25,27H,8-11,13H2,1H3,(H,28,31). The first-order valence-corrected chi connectivity index (χ1v) is 11.8. The van der Waals surface area contributed by atoms with Crippen molar-refractivity contribution in [3.8, 4) is 11.3 Å². The molecule has 7 nitrogen and oxygen atoms in total. The van der Waals surface area contributed by atoms with Crippen molar-refractivity contribution in [1.82, 2.24) is 20.6 Å². The SMILES string of the molecule is CC1CNc2c(sc3ccc4nc(-c5ccnc(N6CCNCC6)c5)ccc4c23)C(=O)N1. The average molecular weight is 445 g/mol. The largest absolute Gasteiger partial charge is 0.381 e. The number of aromatic nitrogens is 2. The van der Waals surface area contributed by atoms with Crippen LogP contribution in [0.25, 0.3) is 32.2 Å². The van der Waals surface area contributed by atoms with Crippen LogP contribution in [-0.2, 0) is 0 Å². The van der Waals surface area contributed by atoms with Crippen LogP contribution in [0.5, 0.6) is 0 Å². The van der Waals surface area contributed by atoms with E-state index in [9.17, 15) is 4.79 Å². The molecule has 1 atom stereocenters. The number of fused-ring (bicyclic) bond motifs is 5. The lowest BCUT2D eigenvalue weighted by molar-refractivity contribution is 0.0949. The molecular formula is C24H24N6OS. The molecule has 32 heavy (non-hydrogen) atoms. The van der Waals surface area contributed by atoms with Gasteiger partial charge in [-0.15, -0.1) is 11.3 Å². The molecule has 2 aliphatic rings. The first kappa shape index (κ1) is 19.5. The Morgan fingerprint density at radius 3 is 2.88 bits per heavy atom. The van der Waals surface area contributed by atoms with Gasteiger partial charge in [0, 0.05) is 66.0 Å². The summed E-state index contributed by atoms with van der Waals surface area (Å²) in [5.41, 5.74) is 3.84. The second-order valence-corrected chi connectivity index (χ2v) is 9.46. The zero-order valence-electron chi connectivity index (χ0n) is 17.8. The van der Waals surface area contributed by atoms with Gasteiger partial charge in [0.05, 0.1) is 16.9 Å². The number of rotatable bonds is 2. The van der Waals surface area contributed by atoms with Crippen LogP contribution >= 0.6 is 11.3 Å². The molecule has 0 radical (unpaired) electrons. The van der Waals surface area contributed by atoms with Crippen LogP contribution in [0.3, 0.4) is 0 Å². The normalized spacial score (nSPS) is 18.8. The number of amides is 1. The first-order chi connectivity index (χ1) is 15.7. The number of nitrogens with one attached hydrogen (secondary N) is 3. The molecule has 6 rings (SSSR count). The molecule has 8 heteroatoms. The number of benzene rings is 1. The number of nitrogens with zero attached hydrogens (tertiary/aromatic N) is 3. The lowest BCUT2D eigenvalue weighted by atomic mass is 10.1. The molecule has 0 aliphatic carbocycles. The summed E-state index contributed by atoms with van der Waals surface area (Å²) in [4.78, 5) is 25.3. The Morgan fingerprint density at radius 1 is 1.12 bits per heavy atom. The van der Waals surface area contributed by atoms with Crippen LogP contribution in [0, 0.1) is 0 Å². The number of piperazine rings is 1. The molecule has 2 aliphatic heterocycles. The summed E-state index contributed by atoms with van der Waals surface area (Å²) in [7, 11) is 0. The number of hydrogen-bond acceptors (Lipinski definition) is 7. The Morgan fingerprint density at radius 2 is 2.00 bits per heavy atom. The number of carbonyl (C=O) groups excluding carboxylic acids is 1. The van der Waals surface area contributed by atoms with Crippen molar-refractivity contribution in [2.75, 3.05) is 42.9 Å². The maximum absolute atomic E-state index is 12.7. The lowest BCUT2D eigenvalue weighted by Crippen LogP contribution is -2.43. The van der Waals surface area contributed by atoms with E-state index in [1.54, 1.807) is 0 Å². The van der Waals surface area contributed by atoms with Crippen LogP contribution in [0.15, 0.2) is 42.6 Å². The van der Waals surface area contributed by atoms with E-state index in [4.69, 9.17) is 4.98 Å². The molecular weight excluding hydrogens is 420 g/mol. The Bertz CT molecular complexity index is 1340. The van der Waals surface area contributed by atoms with E-state index < -0.39 is 0 Å². The molecule has 1 amide bonds. The van der Waals surface area contributed by atoms with E-state index in [2.05, 4.69) is 56.2 Å². The van der Waals surface area contributed by atoms with E-state index in [1.807, 2.05) is 19.2 Å². The number of pyridine rings is 2. The molecule has 5 heterocycles. The fourth-order valence-electron chi connectivity index (χ4n) is 4.53. The third kappa shape index (κ3) is 3.27. The molecule has 3 aromatic heterocycles. The van der Waals surface area contributed by atoms with E-state index in [-0.39, 0.29) is 11.9 Å². The summed E-state index contributed by atoms with van der Waals surface area (Å²) in [5, 5.41) is 12.1. The monoisotopic (exact) mass is 444 g/mol. The van der Waals surface area contributed by atoms with Gasteiger partial charge in [0.2, 0.25) is 0 Å². The number of carbonyl (C=O) groups is 1. The van der Waals surface area contributed by atoms with Crippen molar-refractivity contribution in [1.29, 1.82) is 0 Å². The van der Waals surface area contributed by atoms with Crippen molar-refractivity contribution in [3.05, 3.63) is 47.5 Å². The molecule has 4 aromatic rings. The fourth-order valence-corrected chi connectivity index (χ4v) is 5.63. The molecule has 0 spiro atoms. The third-order valence-corrected chi connectivity index (χ3v) is 7.33. The second kappa shape index (κ2) is 7.72. The Balaban J connectivity index is 1.44. The molecule has 1 saturated heterocycles. The highest BCUT2D eigenvalue weighted by Crippen LogP contribution is 2.41. The van der Waals surface area contributed by atoms with Crippen molar-refractivity contribution >= 4 is 49.7 Å². The van der Waals surface area contributed by atoms with E-state index >= 15 is 0 Å². The minimum Gasteiger partial charge on any atom is -0.381 e. The van der Waals surface area contributed by atoms with Crippen molar-refractivity contribution in [2.45, 2.75) is 13.0 Å². The van der Waals surface area contributed by atoms with Crippen molar-refractivity contribution in [2.24, 2.45) is 0 Å². The number of hydrogen-bond donors (Lipinski definition) is 3. The molecule has 162 valence electrons. The van der Waals surface area contributed by atoms with Gasteiger partial charge >= 0.3 is 0 Å². The quantitative estimate of drug-likeness (QED) is 0.439. The summed E-state index contributed by atoms with van der Waals surface area (Å²) in [6, 6.07) is 12.6. The van der Waals surface area contributed by atoms with Gasteiger partial charge in [0.15, 0.2) is 0 Å². The van der Waals surface area contributed by atoms with Gasteiger partial charge in [-0.05, 0) is 43.3 Å². The van der Waals surface area contributed by atoms with Gasteiger partial charge in [-0.3, -0.25) is 4.79 Å². The fraction of sp³-hybridized carbons (Fsp3) is 0.292. The molecule has 3 N–H and O–H groups in total. The molecule has 1 unspecified atom stereocenters. The lowest BCUT2D eigenvalue weighted by Gasteiger charge is -2.28. The third-order valence-electron chi connectivity index (χ3n) is 6.17. The van der Waals surface area contributed by atoms with Gasteiger partial charge in [0.25, 0.3) is 5.91 Å². The van der Waals surface area contributed by atoms with E-state index in [0.717, 1.165) is 74.8 Å². The summed E-state index contributed by atoms with van der Waals surface area (Å²) in [5.74, 6) is 0.988. The van der Waals surface area contributed by atoms with Gasteiger partial charge in [-0.25, -0.2) is 9.97 Å². The summed E-state index contributed by atoms with van der Waals surface area (Å²) in [6.07, 6.45) is 1.87. The van der Waals surface area contributed by atoms with Crippen molar-refractivity contribution in [3.63, 3.8) is 0 Å². The highest BCUT2D eigenvalue weighted by Gasteiger charge is 2.24. The predicted octanol–water partition coefficient (Wildman–Crippen LogP) is 3.46. The van der Waals surface area contributed by atoms with Gasteiger partial charge < -0.3 is 20.9 Å². The zero-order chi connectivity index (χ0) is 21.7. The number of anilines is 2. The summed E-state index contributed by atoms with van der Waals surface area (Å²) < 4.78 is 1.10. The Labute approximate surface area is 189 Å². The second-order valence-electron chi connectivity index (χ2n) is 8.40. The molecule has 0 bridgehead atoms. The zero-order valence-corrected chi connectivity index (χ0v) is 18.6. The summed E-state index contributed by atoms with van der Waals surface area (Å²) in [6.45, 7) is 6.60. The highest BCUT2D eigenvalue weighted by atomic mass is 32.1. The summed E-state index contributed by atoms with van der Waals surface area (Å²) >= 11 is 1.54.